The van der Waals surface area contributed by atoms with Gasteiger partial charge in [0.2, 0.25) is 12.2 Å². The Hall–Kier alpha value is -1.43. The van der Waals surface area contributed by atoms with Gasteiger partial charge in [-0.05, 0) is 122 Å². The predicted octanol–water partition coefficient (Wildman–Crippen LogP) is 4.03. The van der Waals surface area contributed by atoms with E-state index in [0.29, 0.717) is 36.2 Å². The third kappa shape index (κ3) is 4.76. The number of aromatic nitrogens is 1. The third-order valence-corrected chi connectivity index (χ3v) is 15.3. The highest BCUT2D eigenvalue weighted by atomic mass is 35.5. The number of allylic oxidation sites excluding steroid dienone is 1. The topological polar surface area (TPSA) is 70.6 Å². The number of hydrogen-bond donors (Lipinski definition) is 2. The first-order valence-corrected chi connectivity index (χ1v) is 17.3. The molecule has 10 atom stereocenters. The van der Waals surface area contributed by atoms with Crippen LogP contribution in [0.25, 0.3) is 0 Å². The lowest BCUT2D eigenvalue weighted by Gasteiger charge is -2.73. The van der Waals surface area contributed by atoms with E-state index in [2.05, 4.69) is 48.1 Å². The van der Waals surface area contributed by atoms with E-state index in [-0.39, 0.29) is 64.7 Å². The molecule has 5 saturated carbocycles. The zero-order valence-corrected chi connectivity index (χ0v) is 29.0. The van der Waals surface area contributed by atoms with Crippen LogP contribution in [0.1, 0.15) is 111 Å². The van der Waals surface area contributed by atoms with Crippen molar-refractivity contribution in [1.82, 2.24) is 0 Å². The van der Waals surface area contributed by atoms with Crippen LogP contribution in [-0.2, 0) is 22.7 Å². The molecule has 5 aliphatic carbocycles. The highest BCUT2D eigenvalue weighted by Gasteiger charge is 2.71. The van der Waals surface area contributed by atoms with Crippen LogP contribution in [-0.4, -0.2) is 28.9 Å². The van der Waals surface area contributed by atoms with Gasteiger partial charge in [-0.2, -0.15) is 4.57 Å². The number of rotatable bonds is 6. The van der Waals surface area contributed by atoms with Crippen molar-refractivity contribution in [2.45, 2.75) is 125 Å². The summed E-state index contributed by atoms with van der Waals surface area (Å²) in [5.74, 6) is 2.74. The van der Waals surface area contributed by atoms with Crippen molar-refractivity contribution in [3.8, 4) is 0 Å². The zero-order chi connectivity index (χ0) is 31.0. The molecule has 0 aliphatic heterocycles. The molecule has 0 amide bonds. The van der Waals surface area contributed by atoms with Crippen molar-refractivity contribution in [2.75, 3.05) is 6.61 Å². The molecule has 2 N–H and O–H groups in total. The van der Waals surface area contributed by atoms with Crippen molar-refractivity contribution in [3.63, 3.8) is 0 Å². The first kappa shape index (κ1) is 33.9. The van der Waals surface area contributed by atoms with Gasteiger partial charge in [0.15, 0.2) is 6.20 Å². The third-order valence-electron chi connectivity index (χ3n) is 15.3. The number of carbonyl (C=O) groups is 1. The van der Waals surface area contributed by atoms with Crippen LogP contribution < -0.4 is 17.0 Å². The summed E-state index contributed by atoms with van der Waals surface area (Å²) in [4.78, 5) is 13.2. The summed E-state index contributed by atoms with van der Waals surface area (Å²) >= 11 is 0. The average molecular weight is 628 g/mol. The number of fused-ring (bicyclic) bond motifs is 7. The van der Waals surface area contributed by atoms with E-state index in [1.54, 1.807) is 4.57 Å². The van der Waals surface area contributed by atoms with E-state index in [1.807, 2.05) is 24.4 Å². The molecule has 6 rings (SSSR count). The van der Waals surface area contributed by atoms with Gasteiger partial charge in [-0.15, -0.1) is 0 Å². The molecular weight excluding hydrogens is 570 g/mol. The van der Waals surface area contributed by atoms with Gasteiger partial charge >= 0.3 is 5.97 Å². The van der Waals surface area contributed by atoms with Crippen molar-refractivity contribution in [2.24, 2.45) is 56.7 Å². The molecule has 1 heterocycles. The minimum Gasteiger partial charge on any atom is -1.00 e. The first-order valence-electron chi connectivity index (χ1n) is 17.3. The van der Waals surface area contributed by atoms with Crippen LogP contribution >= 0.6 is 0 Å². The molecule has 1 aromatic rings. The van der Waals surface area contributed by atoms with Gasteiger partial charge in [0.05, 0.1) is 0 Å². The predicted molar refractivity (Wildman–Crippen MR) is 168 cm³/mol. The maximum Gasteiger partial charge on any atom is 0.372 e. The fraction of sp³-hybridized carbons (Fsp3) is 0.789. The summed E-state index contributed by atoms with van der Waals surface area (Å²) in [5, 5.41) is 20.5. The number of hydrogen-bond acceptors (Lipinski definition) is 4. The van der Waals surface area contributed by atoms with Crippen LogP contribution in [0.2, 0.25) is 0 Å². The number of aliphatic hydroxyl groups is 2. The lowest BCUT2D eigenvalue weighted by atomic mass is 9.32. The van der Waals surface area contributed by atoms with Crippen molar-refractivity contribution in [3.05, 3.63) is 42.2 Å². The Morgan fingerprint density at radius 1 is 0.932 bits per heavy atom. The molecule has 44 heavy (non-hydrogen) atoms. The van der Waals surface area contributed by atoms with Gasteiger partial charge in [-0.3, -0.25) is 0 Å². The molecule has 6 heteroatoms. The summed E-state index contributed by atoms with van der Waals surface area (Å²) in [7, 11) is 0. The molecule has 1 aromatic heterocycles. The van der Waals surface area contributed by atoms with Crippen molar-refractivity contribution in [1.29, 1.82) is 0 Å². The number of nitrogens with zero attached hydrogens (tertiary/aromatic N) is 1. The van der Waals surface area contributed by atoms with E-state index in [1.165, 1.54) is 44.1 Å². The number of esters is 1. The summed E-state index contributed by atoms with van der Waals surface area (Å²) in [6.07, 6.45) is 13.5. The summed E-state index contributed by atoms with van der Waals surface area (Å²) in [5.41, 5.74) is 2.82. The van der Waals surface area contributed by atoms with Gasteiger partial charge in [0.1, 0.15) is 12.7 Å². The quantitative estimate of drug-likeness (QED) is 0.284. The molecule has 5 aliphatic rings. The molecule has 0 aromatic carbocycles. The Morgan fingerprint density at radius 3 is 2.36 bits per heavy atom. The molecule has 246 valence electrons. The monoisotopic (exact) mass is 627 g/mol. The Kier molecular flexibility index (Phi) is 9.00. The number of halogens is 1. The second kappa shape index (κ2) is 11.7. The maximum atomic E-state index is 13.2. The summed E-state index contributed by atoms with van der Waals surface area (Å²) in [6, 6.07) is 5.61. The van der Waals surface area contributed by atoms with E-state index < -0.39 is 0 Å². The van der Waals surface area contributed by atoms with Crippen LogP contribution in [0.5, 0.6) is 0 Å². The van der Waals surface area contributed by atoms with Gasteiger partial charge in [-0.1, -0.05) is 52.8 Å². The van der Waals surface area contributed by atoms with Gasteiger partial charge in [-0.25, -0.2) is 4.79 Å². The number of ether oxygens (including phenoxy) is 1. The summed E-state index contributed by atoms with van der Waals surface area (Å²) < 4.78 is 8.10. The van der Waals surface area contributed by atoms with E-state index >= 15 is 0 Å². The lowest BCUT2D eigenvalue weighted by Crippen LogP contribution is -3.00. The minimum atomic E-state index is -0.209. The molecule has 5 unspecified atom stereocenters. The Bertz CT molecular complexity index is 1260. The minimum absolute atomic E-state index is 0. The van der Waals surface area contributed by atoms with E-state index in [0.717, 1.165) is 31.4 Å². The van der Waals surface area contributed by atoms with E-state index in [4.69, 9.17) is 4.74 Å². The van der Waals surface area contributed by atoms with E-state index in [9.17, 15) is 15.0 Å². The van der Waals surface area contributed by atoms with Crippen molar-refractivity contribution < 1.29 is 36.7 Å². The van der Waals surface area contributed by atoms with Gasteiger partial charge in [0.25, 0.3) is 0 Å². The highest BCUT2D eigenvalue weighted by Crippen LogP contribution is 2.77. The number of aliphatic hydroxyl groups excluding tert-OH is 2. The Balaban J connectivity index is 0.00000384. The smallest absolute Gasteiger partial charge is 0.372 e. The van der Waals surface area contributed by atoms with Gasteiger partial charge in [0, 0.05) is 24.2 Å². The molecule has 0 spiro atoms. The van der Waals surface area contributed by atoms with Crippen molar-refractivity contribution >= 4 is 5.97 Å². The average Bonchev–Trinajstić information content (AvgIpc) is 3.36. The molecule has 5 fully saturated rings. The normalized spacial score (nSPS) is 43.8. The molecule has 5 nitrogen and oxygen atoms in total. The Morgan fingerprint density at radius 2 is 1.68 bits per heavy atom. The zero-order valence-electron chi connectivity index (χ0n) is 28.2. The maximum absolute atomic E-state index is 13.2. The standard InChI is InChI=1S/C38H58NO4.ClH/c1-25(2)27-13-18-38(24-41)20-19-36(6)28(33(27)38)11-12-30-35(5)16-15-31(34(3,4)29(35)14-17-37(30,36)7)43-32(42)22-39-21-9-8-10-26(39)23-40;/h8-10,21,27-31,33,40-41H,1,11-20,22-24H2,2-7H3;1H/q+1;/p-1/t27-,28?,29?,30?,31-,33?,35-,36+,37+,38?;/m0./s1. The Labute approximate surface area is 272 Å². The van der Waals surface area contributed by atoms with Crippen LogP contribution in [0.4, 0.5) is 0 Å². The second-order valence-electron chi connectivity index (χ2n) is 17.0. The van der Waals surface area contributed by atoms with Crippen LogP contribution in [0, 0.1) is 56.7 Å². The highest BCUT2D eigenvalue weighted by molar-refractivity contribution is 5.68. The summed E-state index contributed by atoms with van der Waals surface area (Å²) in [6.45, 7) is 19.7. The largest absolute Gasteiger partial charge is 1.00 e. The SMILES string of the molecule is C=C(C)[C@@H]1CCC2(CO)CC[C@]3(C)C(CCC4[C@@]5(C)CC[C@H](OC(=O)C[n+]6ccccc6CO)C(C)(C)C5CC[C@]43C)C12.[Cl-]. The fourth-order valence-corrected chi connectivity index (χ4v) is 12.9. The van der Waals surface area contributed by atoms with Crippen LogP contribution in [0.15, 0.2) is 36.5 Å². The number of pyridine rings is 1. The molecular formula is C38H58ClNO4. The van der Waals surface area contributed by atoms with Crippen LogP contribution in [0.3, 0.4) is 0 Å². The lowest BCUT2D eigenvalue weighted by molar-refractivity contribution is -0.695. The van der Waals surface area contributed by atoms with Gasteiger partial charge < -0.3 is 27.4 Å². The fourth-order valence-electron chi connectivity index (χ4n) is 12.9. The molecule has 0 radical (unpaired) electrons. The molecule has 0 saturated heterocycles. The molecule has 0 bridgehead atoms. The number of carbonyl (C=O) groups excluding carboxylic acids is 1. The first-order chi connectivity index (χ1) is 20.3. The second-order valence-corrected chi connectivity index (χ2v) is 17.0.